The second kappa shape index (κ2) is 10.9. The van der Waals surface area contributed by atoms with Crippen molar-refractivity contribution in [2.24, 2.45) is 0 Å². The quantitative estimate of drug-likeness (QED) is 0.266. The van der Waals surface area contributed by atoms with E-state index >= 15 is 0 Å². The fourth-order valence-electron chi connectivity index (χ4n) is 4.41. The zero-order valence-electron chi connectivity index (χ0n) is 20.8. The predicted molar refractivity (Wildman–Crippen MR) is 153 cm³/mol. The van der Waals surface area contributed by atoms with Crippen LogP contribution in [0.4, 0.5) is 11.4 Å². The van der Waals surface area contributed by atoms with Crippen molar-refractivity contribution < 1.29 is 35.1 Å². The summed E-state index contributed by atoms with van der Waals surface area (Å²) in [5.41, 5.74) is 2.99. The van der Waals surface area contributed by atoms with E-state index in [1.165, 1.54) is 27.7 Å². The molecule has 39 heavy (non-hydrogen) atoms. The molecule has 0 aliphatic carbocycles. The Labute approximate surface area is 234 Å². The molecule has 2 aromatic heterocycles. The van der Waals surface area contributed by atoms with Crippen LogP contribution in [0.2, 0.25) is 0 Å². The Morgan fingerprint density at radius 1 is 1.18 bits per heavy atom. The summed E-state index contributed by atoms with van der Waals surface area (Å²) < 4.78 is 71.2. The van der Waals surface area contributed by atoms with E-state index in [4.69, 9.17) is 0 Å². The van der Waals surface area contributed by atoms with Crippen LogP contribution >= 0.6 is 23.1 Å². The first kappa shape index (κ1) is 27.7. The number of hydrogen-bond donors (Lipinski definition) is 2. The van der Waals surface area contributed by atoms with Crippen LogP contribution in [-0.4, -0.2) is 47.6 Å². The molecule has 0 bridgehead atoms. The van der Waals surface area contributed by atoms with Crippen LogP contribution in [0.15, 0.2) is 70.5 Å². The Bertz CT molecular complexity index is 1790. The second-order valence-electron chi connectivity index (χ2n) is 8.98. The highest BCUT2D eigenvalue weighted by atomic mass is 32.2. The SMILES string of the molecule is CCCC(/C=C1\Sc2ccc([N+]3=CCC=C3)cc2N1CS(=O)(=O)O)=C\c1sc2cnccc2[n+]1CS(=O)(=O)O. The van der Waals surface area contributed by atoms with Crippen LogP contribution in [0.1, 0.15) is 31.2 Å². The lowest BCUT2D eigenvalue weighted by Crippen LogP contribution is -2.39. The molecular weight excluding hydrogens is 581 g/mol. The molecule has 204 valence electrons. The van der Waals surface area contributed by atoms with Crippen molar-refractivity contribution in [2.75, 3.05) is 10.8 Å². The maximum Gasteiger partial charge on any atom is 0.326 e. The van der Waals surface area contributed by atoms with E-state index in [0.717, 1.165) is 33.7 Å². The second-order valence-corrected chi connectivity index (χ2v) is 13.9. The molecule has 2 aliphatic heterocycles. The maximum absolute atomic E-state index is 12.0. The van der Waals surface area contributed by atoms with Crippen molar-refractivity contribution >= 4 is 77.2 Å². The van der Waals surface area contributed by atoms with Gasteiger partial charge in [0.25, 0.3) is 21.0 Å². The van der Waals surface area contributed by atoms with E-state index in [9.17, 15) is 25.9 Å². The van der Waals surface area contributed by atoms with Crippen molar-refractivity contribution in [3.63, 3.8) is 0 Å². The summed E-state index contributed by atoms with van der Waals surface area (Å²) in [6.45, 7) is 2.01. The molecule has 10 nitrogen and oxygen atoms in total. The minimum atomic E-state index is -4.35. The van der Waals surface area contributed by atoms with Gasteiger partial charge in [0.1, 0.15) is 4.70 Å². The molecule has 1 aromatic carbocycles. The molecule has 0 fully saturated rings. The molecule has 0 atom stereocenters. The van der Waals surface area contributed by atoms with Crippen LogP contribution in [0.25, 0.3) is 16.3 Å². The molecule has 0 radical (unpaired) electrons. The maximum atomic E-state index is 12.0. The monoisotopic (exact) mass is 606 g/mol. The summed E-state index contributed by atoms with van der Waals surface area (Å²) in [5, 5.41) is 1.21. The van der Waals surface area contributed by atoms with Gasteiger partial charge in [0.15, 0.2) is 18.3 Å². The molecule has 0 saturated carbocycles. The standard InChI is InChI=1S/C25H24N4O6S4/c1-2-5-18(12-24-28(16-38(30,31)32)20-8-9-26-15-23(20)37-24)13-25-29(17-39(33,34)35)21-14-19(6-7-22(21)36-25)27-10-3-4-11-27/h3,6-15H,2,4-5,16-17H2,1H3/p+2. The van der Waals surface area contributed by atoms with Crippen LogP contribution < -0.4 is 9.47 Å². The lowest BCUT2D eigenvalue weighted by atomic mass is 10.1. The molecule has 14 heteroatoms. The van der Waals surface area contributed by atoms with Gasteiger partial charge in [-0.05, 0) is 30.2 Å². The minimum absolute atomic E-state index is 0.594. The third kappa shape index (κ3) is 6.48. The van der Waals surface area contributed by atoms with Crippen molar-refractivity contribution in [3.05, 3.63) is 70.6 Å². The van der Waals surface area contributed by atoms with Gasteiger partial charge in [-0.2, -0.15) is 26.0 Å². The van der Waals surface area contributed by atoms with Gasteiger partial charge >= 0.3 is 10.1 Å². The summed E-state index contributed by atoms with van der Waals surface area (Å²) in [5.74, 6) is -1.23. The number of anilines is 1. The normalized spacial score (nSPS) is 16.9. The zero-order chi connectivity index (χ0) is 27.8. The summed E-state index contributed by atoms with van der Waals surface area (Å²) in [7, 11) is -8.67. The smallest absolute Gasteiger partial charge is 0.317 e. The number of aromatic nitrogens is 2. The predicted octanol–water partition coefficient (Wildman–Crippen LogP) is 4.54. The Hall–Kier alpha value is -2.88. The largest absolute Gasteiger partial charge is 0.326 e. The van der Waals surface area contributed by atoms with Crippen molar-refractivity contribution in [1.82, 2.24) is 4.98 Å². The molecule has 5 rings (SSSR count). The Morgan fingerprint density at radius 3 is 2.69 bits per heavy atom. The van der Waals surface area contributed by atoms with E-state index in [2.05, 4.69) is 4.98 Å². The van der Waals surface area contributed by atoms with Crippen LogP contribution in [0, 0.1) is 0 Å². The topological polar surface area (TPSA) is 132 Å². The van der Waals surface area contributed by atoms with Gasteiger partial charge in [-0.1, -0.05) is 36.4 Å². The van der Waals surface area contributed by atoms with E-state index in [1.807, 2.05) is 60.3 Å². The lowest BCUT2D eigenvalue weighted by molar-refractivity contribution is -0.649. The van der Waals surface area contributed by atoms with Gasteiger partial charge in [0.05, 0.1) is 16.9 Å². The van der Waals surface area contributed by atoms with Crippen molar-refractivity contribution in [2.45, 2.75) is 37.0 Å². The molecular formula is C25H26N4O6S4+2. The Balaban J connectivity index is 1.60. The first-order valence-corrected chi connectivity index (χ1v) is 16.8. The average molecular weight is 607 g/mol. The number of benzene rings is 1. The van der Waals surface area contributed by atoms with Crippen molar-refractivity contribution in [3.8, 4) is 0 Å². The van der Waals surface area contributed by atoms with Crippen molar-refractivity contribution in [1.29, 1.82) is 0 Å². The van der Waals surface area contributed by atoms with Crippen LogP contribution in [-0.2, 0) is 26.1 Å². The number of nitrogens with zero attached hydrogens (tertiary/aromatic N) is 4. The lowest BCUT2D eigenvalue weighted by Gasteiger charge is -2.19. The van der Waals surface area contributed by atoms with E-state index in [-0.39, 0.29) is 0 Å². The number of thiazole rings is 1. The molecule has 2 aliphatic rings. The van der Waals surface area contributed by atoms with Crippen LogP contribution in [0.5, 0.6) is 0 Å². The third-order valence-corrected chi connectivity index (χ3v) is 9.35. The fraction of sp³-hybridized carbons (Fsp3) is 0.240. The van der Waals surface area contributed by atoms with E-state index in [0.29, 0.717) is 27.7 Å². The highest BCUT2D eigenvalue weighted by Crippen LogP contribution is 2.48. The van der Waals surface area contributed by atoms with Crippen LogP contribution in [0.3, 0.4) is 0 Å². The number of thioether (sulfide) groups is 1. The summed E-state index contributed by atoms with van der Waals surface area (Å²) in [4.78, 5) is 6.54. The summed E-state index contributed by atoms with van der Waals surface area (Å²) >= 11 is 2.73. The van der Waals surface area contributed by atoms with Gasteiger partial charge in [-0.15, -0.1) is 0 Å². The summed E-state index contributed by atoms with van der Waals surface area (Å²) in [6, 6.07) is 7.46. The first-order valence-electron chi connectivity index (χ1n) is 12.0. The van der Waals surface area contributed by atoms with Gasteiger partial charge in [0, 0.05) is 41.8 Å². The van der Waals surface area contributed by atoms with E-state index in [1.54, 1.807) is 23.4 Å². The average Bonchev–Trinajstić information content (AvgIpc) is 3.57. The zero-order valence-corrected chi connectivity index (χ0v) is 24.1. The number of fused-ring (bicyclic) bond motifs is 2. The fourth-order valence-corrected chi connectivity index (χ4v) is 8.01. The van der Waals surface area contributed by atoms with Gasteiger partial charge < -0.3 is 4.90 Å². The molecule has 0 amide bonds. The highest BCUT2D eigenvalue weighted by molar-refractivity contribution is 8.03. The first-order chi connectivity index (χ1) is 18.5. The molecule has 0 unspecified atom stereocenters. The number of allylic oxidation sites excluding steroid dienone is 3. The molecule has 4 heterocycles. The Morgan fingerprint density at radius 2 is 2.00 bits per heavy atom. The van der Waals surface area contributed by atoms with E-state index < -0.39 is 32.0 Å². The number of pyridine rings is 1. The van der Waals surface area contributed by atoms with Gasteiger partial charge in [0.2, 0.25) is 11.2 Å². The molecule has 0 saturated heterocycles. The third-order valence-electron chi connectivity index (χ3n) is 5.99. The highest BCUT2D eigenvalue weighted by Gasteiger charge is 2.31. The molecule has 3 aromatic rings. The Kier molecular flexibility index (Phi) is 7.77. The number of hydrogen-bond acceptors (Lipinski definition) is 8. The molecule has 0 spiro atoms. The summed E-state index contributed by atoms with van der Waals surface area (Å²) in [6.07, 6.45) is 15.1. The minimum Gasteiger partial charge on any atom is -0.317 e. The van der Waals surface area contributed by atoms with Gasteiger partial charge in [-0.3, -0.25) is 14.1 Å². The number of rotatable bonds is 9. The van der Waals surface area contributed by atoms with Gasteiger partial charge in [-0.25, -0.2) is 0 Å². The molecule has 2 N–H and O–H groups in total.